The van der Waals surface area contributed by atoms with Crippen LogP contribution < -0.4 is 23.1 Å². The second-order valence-electron chi connectivity index (χ2n) is 7.65. The van der Waals surface area contributed by atoms with E-state index in [0.717, 1.165) is 10.9 Å². The molecule has 146 valence electrons. The SMILES string of the molecule is C[N+]1(c2ccccc2)C2C=CC(=O)C1C1Cc3ccccc3C12.[O-][Cl+3]([O-])([O-])[O-]. The first-order valence-electron chi connectivity index (χ1n) is 9.04. The number of hydrogen-bond donors (Lipinski definition) is 0. The van der Waals surface area contributed by atoms with E-state index in [4.69, 9.17) is 18.6 Å². The van der Waals surface area contributed by atoms with E-state index in [1.807, 2.05) is 6.08 Å². The molecule has 0 aromatic heterocycles. The van der Waals surface area contributed by atoms with Gasteiger partial charge in [0.05, 0.1) is 7.05 Å². The summed E-state index contributed by atoms with van der Waals surface area (Å²) in [6, 6.07) is 19.8. The van der Waals surface area contributed by atoms with Crippen LogP contribution in [0, 0.1) is 16.2 Å². The number of quaternary nitrogens is 1. The minimum absolute atomic E-state index is 0.0461. The van der Waals surface area contributed by atoms with Crippen molar-refractivity contribution in [2.45, 2.75) is 24.4 Å². The zero-order chi connectivity index (χ0) is 20.1. The fourth-order valence-corrected chi connectivity index (χ4v) is 5.47. The minimum Gasteiger partial charge on any atom is -0.288 e. The molecule has 3 aliphatic rings. The number of ketones is 1. The Morgan fingerprint density at radius 2 is 1.57 bits per heavy atom. The summed E-state index contributed by atoms with van der Waals surface area (Å²) in [5, 5.41) is 0. The summed E-state index contributed by atoms with van der Waals surface area (Å²) >= 11 is 0. The number of benzene rings is 2. The van der Waals surface area contributed by atoms with E-state index < -0.39 is 10.2 Å². The highest BCUT2D eigenvalue weighted by atomic mass is 35.7. The summed E-state index contributed by atoms with van der Waals surface area (Å²) < 4.78 is 34.7. The van der Waals surface area contributed by atoms with Crippen molar-refractivity contribution in [2.24, 2.45) is 5.92 Å². The molecule has 0 N–H and O–H groups in total. The van der Waals surface area contributed by atoms with Gasteiger partial charge < -0.3 is 0 Å². The van der Waals surface area contributed by atoms with Gasteiger partial charge in [-0.25, -0.2) is 18.6 Å². The number of nitrogens with zero attached hydrogens (tertiary/aromatic N) is 1. The molecule has 6 nitrogen and oxygen atoms in total. The Labute approximate surface area is 165 Å². The molecule has 2 aromatic rings. The zero-order valence-electron chi connectivity index (χ0n) is 15.2. The Morgan fingerprint density at radius 3 is 2.25 bits per heavy atom. The summed E-state index contributed by atoms with van der Waals surface area (Å²) in [6.45, 7) is 0. The van der Waals surface area contributed by atoms with Crippen LogP contribution in [0.1, 0.15) is 17.0 Å². The van der Waals surface area contributed by atoms with Crippen molar-refractivity contribution in [3.63, 3.8) is 0 Å². The molecular weight excluding hydrogens is 382 g/mol. The number of fused-ring (bicyclic) bond motifs is 7. The summed E-state index contributed by atoms with van der Waals surface area (Å²) in [4.78, 5) is 12.8. The average molecular weight is 402 g/mol. The monoisotopic (exact) mass is 401 g/mol. The van der Waals surface area contributed by atoms with E-state index >= 15 is 0 Å². The second-order valence-corrected chi connectivity index (χ2v) is 8.41. The number of rotatable bonds is 1. The molecule has 0 amide bonds. The number of carbonyl (C=O) groups excluding carboxylic acids is 1. The lowest BCUT2D eigenvalue weighted by atomic mass is 9.88. The van der Waals surface area contributed by atoms with Crippen LogP contribution in [0.3, 0.4) is 0 Å². The van der Waals surface area contributed by atoms with Crippen molar-refractivity contribution >= 4 is 11.5 Å². The number of halogens is 1. The standard InChI is InChI=1S/C21H20NO.ClHO4/c1-22(15-8-3-2-4-9-15)18-11-12-19(23)21(22)17-13-14-7-5-6-10-16(14)20(17)18;2-1(3,4)5/h2-12,17-18,20-21H,13H2,1H3;(H,2,3,4,5)/q+1;/p-1. The topological polar surface area (TPSA) is 109 Å². The van der Waals surface area contributed by atoms with Gasteiger partial charge in [0.15, 0.2) is 6.04 Å². The van der Waals surface area contributed by atoms with Crippen molar-refractivity contribution in [3.05, 3.63) is 77.9 Å². The normalized spacial score (nSPS) is 32.4. The van der Waals surface area contributed by atoms with Crippen LogP contribution in [0.5, 0.6) is 0 Å². The van der Waals surface area contributed by atoms with Crippen LogP contribution in [0.15, 0.2) is 66.7 Å². The van der Waals surface area contributed by atoms with Crippen LogP contribution >= 0.6 is 0 Å². The largest absolute Gasteiger partial charge is 0.288 e. The lowest BCUT2D eigenvalue weighted by Gasteiger charge is -2.42. The molecule has 2 aromatic carbocycles. The molecule has 2 aliphatic heterocycles. The second kappa shape index (κ2) is 6.77. The van der Waals surface area contributed by atoms with Gasteiger partial charge in [0, 0.05) is 11.8 Å². The van der Waals surface area contributed by atoms with Crippen molar-refractivity contribution in [1.29, 1.82) is 0 Å². The number of hydrogen-bond acceptors (Lipinski definition) is 5. The van der Waals surface area contributed by atoms with E-state index in [0.29, 0.717) is 23.7 Å². The van der Waals surface area contributed by atoms with Crippen LogP contribution in [0.4, 0.5) is 5.69 Å². The van der Waals surface area contributed by atoms with Gasteiger partial charge in [-0.2, -0.15) is 0 Å². The van der Waals surface area contributed by atoms with Crippen molar-refractivity contribution in [1.82, 2.24) is 4.48 Å². The Hall–Kier alpha value is -2.06. The Kier molecular flexibility index (Phi) is 4.66. The molecule has 1 fully saturated rings. The Bertz CT molecular complexity index is 920. The molecular formula is C21H20ClNO5. The summed E-state index contributed by atoms with van der Waals surface area (Å²) in [5.41, 5.74) is 4.16. The molecule has 0 radical (unpaired) electrons. The maximum atomic E-state index is 12.8. The van der Waals surface area contributed by atoms with Crippen molar-refractivity contribution in [2.75, 3.05) is 7.05 Å². The summed E-state index contributed by atoms with van der Waals surface area (Å²) in [5.74, 6) is 1.18. The first kappa shape index (κ1) is 19.3. The molecule has 0 spiro atoms. The third-order valence-corrected chi connectivity index (χ3v) is 6.36. The first-order chi connectivity index (χ1) is 13.2. The van der Waals surface area contributed by atoms with E-state index in [1.54, 1.807) is 0 Å². The van der Waals surface area contributed by atoms with Gasteiger partial charge in [0.25, 0.3) is 0 Å². The van der Waals surface area contributed by atoms with Gasteiger partial charge in [-0.05, 0) is 41.8 Å². The van der Waals surface area contributed by atoms with Gasteiger partial charge in [0.1, 0.15) is 11.7 Å². The maximum Gasteiger partial charge on any atom is 0.213 e. The summed E-state index contributed by atoms with van der Waals surface area (Å²) in [6.07, 6.45) is 5.06. The lowest BCUT2D eigenvalue weighted by molar-refractivity contribution is -2.00. The van der Waals surface area contributed by atoms with Crippen LogP contribution in [-0.4, -0.2) is 24.9 Å². The van der Waals surface area contributed by atoms with E-state index in [9.17, 15) is 4.79 Å². The van der Waals surface area contributed by atoms with Crippen LogP contribution in [0.25, 0.3) is 0 Å². The van der Waals surface area contributed by atoms with E-state index in [2.05, 4.69) is 67.7 Å². The predicted molar refractivity (Wildman–Crippen MR) is 92.3 cm³/mol. The summed E-state index contributed by atoms with van der Waals surface area (Å²) in [7, 11) is -2.69. The zero-order valence-corrected chi connectivity index (χ0v) is 16.0. The molecule has 5 atom stereocenters. The van der Waals surface area contributed by atoms with Gasteiger partial charge in [-0.1, -0.05) is 42.5 Å². The highest BCUT2D eigenvalue weighted by molar-refractivity contribution is 5.98. The van der Waals surface area contributed by atoms with Crippen molar-refractivity contribution in [3.8, 4) is 0 Å². The van der Waals surface area contributed by atoms with Crippen LogP contribution in [-0.2, 0) is 11.2 Å². The van der Waals surface area contributed by atoms with Gasteiger partial charge >= 0.3 is 0 Å². The molecule has 7 heteroatoms. The highest BCUT2D eigenvalue weighted by Crippen LogP contribution is 2.56. The van der Waals surface area contributed by atoms with Gasteiger partial charge in [0.2, 0.25) is 5.78 Å². The number of likely N-dealkylation sites (N-methyl/N-ethyl adjacent to an activating group) is 1. The van der Waals surface area contributed by atoms with Crippen molar-refractivity contribution < 1.29 is 33.7 Å². The minimum atomic E-state index is -4.94. The number of para-hydroxylation sites is 1. The van der Waals surface area contributed by atoms with E-state index in [1.165, 1.54) is 16.8 Å². The molecule has 5 unspecified atom stereocenters. The molecule has 0 saturated carbocycles. The van der Waals surface area contributed by atoms with E-state index in [-0.39, 0.29) is 6.04 Å². The fraction of sp³-hybridized carbons (Fsp3) is 0.286. The molecule has 28 heavy (non-hydrogen) atoms. The molecule has 1 aliphatic carbocycles. The average Bonchev–Trinajstić information content (AvgIpc) is 3.06. The quantitative estimate of drug-likeness (QED) is 0.552. The maximum absolute atomic E-state index is 12.8. The van der Waals surface area contributed by atoms with Crippen LogP contribution in [0.2, 0.25) is 0 Å². The third kappa shape index (κ3) is 3.08. The fourth-order valence-electron chi connectivity index (χ4n) is 5.47. The molecule has 2 heterocycles. The lowest BCUT2D eigenvalue weighted by Crippen LogP contribution is -2.68. The first-order valence-corrected chi connectivity index (χ1v) is 10.3. The number of carbonyl (C=O) groups is 1. The smallest absolute Gasteiger partial charge is 0.213 e. The Morgan fingerprint density at radius 1 is 0.964 bits per heavy atom. The molecule has 5 rings (SSSR count). The molecule has 1 saturated heterocycles. The molecule has 2 bridgehead atoms. The highest BCUT2D eigenvalue weighted by Gasteiger charge is 2.65. The van der Waals surface area contributed by atoms with Gasteiger partial charge in [-0.15, -0.1) is 10.2 Å². The predicted octanol–water partition coefficient (Wildman–Crippen LogP) is -1.29. The Balaban J connectivity index is 0.000000346. The van der Waals surface area contributed by atoms with Gasteiger partial charge in [-0.3, -0.25) is 9.28 Å². The third-order valence-electron chi connectivity index (χ3n) is 6.36.